The molecule has 0 unspecified atom stereocenters. The van der Waals surface area contributed by atoms with E-state index in [2.05, 4.69) is 0 Å². The maximum absolute atomic E-state index is 10.1. The Morgan fingerprint density at radius 3 is 2.38 bits per heavy atom. The van der Waals surface area contributed by atoms with E-state index in [9.17, 15) is 4.79 Å². The van der Waals surface area contributed by atoms with E-state index in [1.54, 1.807) is 0 Å². The van der Waals surface area contributed by atoms with Gasteiger partial charge in [-0.05, 0) is 25.0 Å². The van der Waals surface area contributed by atoms with Crippen LogP contribution in [0.3, 0.4) is 0 Å². The Labute approximate surface area is 97.6 Å². The average molecular weight is 220 g/mol. The molecule has 0 atom stereocenters. The topological polar surface area (TPSA) is 26.3 Å². The van der Waals surface area contributed by atoms with Gasteiger partial charge in [-0.2, -0.15) is 0 Å². The molecule has 2 nitrogen and oxygen atoms in total. The molecule has 0 aliphatic carbocycles. The first-order valence-corrected chi connectivity index (χ1v) is 6.05. The molecule has 0 N–H and O–H groups in total. The number of unbranched alkanes of at least 4 members (excludes halogenated alkanes) is 5. The van der Waals surface area contributed by atoms with Crippen molar-refractivity contribution in [3.63, 3.8) is 0 Å². The van der Waals surface area contributed by atoms with E-state index in [-0.39, 0.29) is 0 Å². The summed E-state index contributed by atoms with van der Waals surface area (Å²) < 4.78 is 5.58. The second-order valence-corrected chi connectivity index (χ2v) is 3.88. The first kappa shape index (κ1) is 12.8. The van der Waals surface area contributed by atoms with Crippen molar-refractivity contribution < 1.29 is 9.53 Å². The van der Waals surface area contributed by atoms with Gasteiger partial charge in [0.1, 0.15) is 12.0 Å². The fourth-order valence-electron chi connectivity index (χ4n) is 1.57. The summed E-state index contributed by atoms with van der Waals surface area (Å²) in [6, 6.07) is 9.90. The van der Waals surface area contributed by atoms with Crippen molar-refractivity contribution >= 4 is 6.29 Å². The summed E-state index contributed by atoms with van der Waals surface area (Å²) in [4.78, 5) is 10.1. The van der Waals surface area contributed by atoms with Crippen LogP contribution in [0.25, 0.3) is 0 Å². The molecule has 1 aromatic rings. The molecule has 0 saturated heterocycles. The third-order valence-corrected chi connectivity index (χ3v) is 2.48. The highest BCUT2D eigenvalue weighted by molar-refractivity contribution is 5.48. The summed E-state index contributed by atoms with van der Waals surface area (Å²) in [7, 11) is 0. The minimum atomic E-state index is 0.709. The molecular weight excluding hydrogens is 200 g/mol. The smallest absolute Gasteiger partial charge is 0.119 e. The molecule has 0 saturated carbocycles. The van der Waals surface area contributed by atoms with Gasteiger partial charge < -0.3 is 9.53 Å². The molecule has 0 spiro atoms. The molecular formula is C14H20O2. The standard InChI is InChI=1S/C14H20O2/c15-12-8-3-1-2-4-9-13-16-14-10-6-5-7-11-14/h5-7,10-12H,1-4,8-9,13H2. The van der Waals surface area contributed by atoms with Gasteiger partial charge in [0.05, 0.1) is 6.61 Å². The van der Waals surface area contributed by atoms with E-state index in [1.165, 1.54) is 12.8 Å². The van der Waals surface area contributed by atoms with Crippen LogP contribution in [0, 0.1) is 0 Å². The van der Waals surface area contributed by atoms with Crippen LogP contribution in [-0.4, -0.2) is 12.9 Å². The number of carbonyl (C=O) groups is 1. The van der Waals surface area contributed by atoms with Gasteiger partial charge in [0, 0.05) is 6.42 Å². The van der Waals surface area contributed by atoms with Crippen LogP contribution >= 0.6 is 0 Å². The third kappa shape index (κ3) is 6.23. The number of carbonyl (C=O) groups excluding carboxylic acids is 1. The normalized spacial score (nSPS) is 10.0. The highest BCUT2D eigenvalue weighted by Gasteiger charge is 1.93. The lowest BCUT2D eigenvalue weighted by Gasteiger charge is -2.05. The van der Waals surface area contributed by atoms with E-state index >= 15 is 0 Å². The van der Waals surface area contributed by atoms with Gasteiger partial charge in [-0.25, -0.2) is 0 Å². The van der Waals surface area contributed by atoms with Crippen molar-refractivity contribution in [2.75, 3.05) is 6.61 Å². The van der Waals surface area contributed by atoms with Crippen LogP contribution in [0.4, 0.5) is 0 Å². The van der Waals surface area contributed by atoms with E-state index in [1.807, 2.05) is 30.3 Å². The highest BCUT2D eigenvalue weighted by Crippen LogP contribution is 2.10. The SMILES string of the molecule is O=CCCCCCCCOc1ccccc1. The van der Waals surface area contributed by atoms with Gasteiger partial charge in [-0.3, -0.25) is 0 Å². The number of para-hydroxylation sites is 1. The zero-order valence-corrected chi connectivity index (χ0v) is 9.73. The first-order chi connectivity index (χ1) is 7.93. The van der Waals surface area contributed by atoms with Gasteiger partial charge in [-0.1, -0.05) is 37.5 Å². The lowest BCUT2D eigenvalue weighted by Crippen LogP contribution is -1.96. The Morgan fingerprint density at radius 1 is 0.938 bits per heavy atom. The van der Waals surface area contributed by atoms with E-state index in [0.717, 1.165) is 37.9 Å². The number of hydrogen-bond acceptors (Lipinski definition) is 2. The monoisotopic (exact) mass is 220 g/mol. The lowest BCUT2D eigenvalue weighted by atomic mass is 10.1. The summed E-state index contributed by atoms with van der Waals surface area (Å²) in [6.45, 7) is 0.789. The molecule has 0 heterocycles. The maximum atomic E-state index is 10.1. The third-order valence-electron chi connectivity index (χ3n) is 2.48. The fourth-order valence-corrected chi connectivity index (χ4v) is 1.57. The number of benzene rings is 1. The molecule has 0 radical (unpaired) electrons. The van der Waals surface area contributed by atoms with Crippen LogP contribution < -0.4 is 4.74 Å². The van der Waals surface area contributed by atoms with Crippen LogP contribution in [-0.2, 0) is 4.79 Å². The minimum Gasteiger partial charge on any atom is -0.494 e. The molecule has 0 aliphatic rings. The van der Waals surface area contributed by atoms with Crippen LogP contribution in [0.1, 0.15) is 38.5 Å². The Morgan fingerprint density at radius 2 is 1.62 bits per heavy atom. The Bertz CT molecular complexity index is 269. The quantitative estimate of drug-likeness (QED) is 0.469. The second-order valence-electron chi connectivity index (χ2n) is 3.88. The van der Waals surface area contributed by atoms with Gasteiger partial charge >= 0.3 is 0 Å². The van der Waals surface area contributed by atoms with E-state index in [0.29, 0.717) is 6.42 Å². The molecule has 16 heavy (non-hydrogen) atoms. The number of hydrogen-bond donors (Lipinski definition) is 0. The molecule has 2 heteroatoms. The molecule has 0 amide bonds. The Hall–Kier alpha value is -1.31. The predicted octanol–water partition coefficient (Wildman–Crippen LogP) is 3.60. The second kappa shape index (κ2) is 8.96. The van der Waals surface area contributed by atoms with E-state index in [4.69, 9.17) is 4.74 Å². The number of aldehydes is 1. The largest absolute Gasteiger partial charge is 0.494 e. The zero-order chi connectivity index (χ0) is 11.5. The molecule has 0 fully saturated rings. The highest BCUT2D eigenvalue weighted by atomic mass is 16.5. The van der Waals surface area contributed by atoms with Gasteiger partial charge in [0.25, 0.3) is 0 Å². The summed E-state index contributed by atoms with van der Waals surface area (Å²) in [6.07, 6.45) is 7.37. The Kier molecular flexibility index (Phi) is 7.14. The van der Waals surface area contributed by atoms with Crippen LogP contribution in [0.5, 0.6) is 5.75 Å². The molecule has 0 aliphatic heterocycles. The summed E-state index contributed by atoms with van der Waals surface area (Å²) in [5.74, 6) is 0.948. The summed E-state index contributed by atoms with van der Waals surface area (Å²) >= 11 is 0. The van der Waals surface area contributed by atoms with E-state index < -0.39 is 0 Å². The molecule has 1 aromatic carbocycles. The number of rotatable bonds is 9. The van der Waals surface area contributed by atoms with Gasteiger partial charge in [0.15, 0.2) is 0 Å². The summed E-state index contributed by atoms with van der Waals surface area (Å²) in [5, 5.41) is 0. The Balaban J connectivity index is 1.90. The van der Waals surface area contributed by atoms with Crippen molar-refractivity contribution in [3.8, 4) is 5.75 Å². The van der Waals surface area contributed by atoms with Gasteiger partial charge in [0.2, 0.25) is 0 Å². The fraction of sp³-hybridized carbons (Fsp3) is 0.500. The molecule has 1 rings (SSSR count). The van der Waals surface area contributed by atoms with Crippen molar-refractivity contribution in [2.45, 2.75) is 38.5 Å². The van der Waals surface area contributed by atoms with Crippen LogP contribution in [0.15, 0.2) is 30.3 Å². The van der Waals surface area contributed by atoms with Crippen molar-refractivity contribution in [2.24, 2.45) is 0 Å². The number of ether oxygens (including phenoxy) is 1. The molecule has 0 bridgehead atoms. The first-order valence-electron chi connectivity index (χ1n) is 6.05. The predicted molar refractivity (Wildman–Crippen MR) is 65.7 cm³/mol. The van der Waals surface area contributed by atoms with Gasteiger partial charge in [-0.15, -0.1) is 0 Å². The van der Waals surface area contributed by atoms with Crippen LogP contribution in [0.2, 0.25) is 0 Å². The lowest BCUT2D eigenvalue weighted by molar-refractivity contribution is -0.107. The molecule has 88 valence electrons. The van der Waals surface area contributed by atoms with Crippen molar-refractivity contribution in [3.05, 3.63) is 30.3 Å². The minimum absolute atomic E-state index is 0.709. The summed E-state index contributed by atoms with van der Waals surface area (Å²) in [5.41, 5.74) is 0. The maximum Gasteiger partial charge on any atom is 0.119 e. The average Bonchev–Trinajstić information content (AvgIpc) is 2.34. The molecule has 0 aromatic heterocycles. The zero-order valence-electron chi connectivity index (χ0n) is 9.73. The van der Waals surface area contributed by atoms with Crippen molar-refractivity contribution in [1.82, 2.24) is 0 Å². The van der Waals surface area contributed by atoms with Crippen molar-refractivity contribution in [1.29, 1.82) is 0 Å².